The molecule has 0 fully saturated rings. The Morgan fingerprint density at radius 2 is 1.93 bits per heavy atom. The van der Waals surface area contributed by atoms with E-state index < -0.39 is 0 Å². The van der Waals surface area contributed by atoms with Crippen molar-refractivity contribution in [1.29, 1.82) is 0 Å². The van der Waals surface area contributed by atoms with E-state index >= 15 is 0 Å². The Kier molecular flexibility index (Phi) is 2.12. The van der Waals surface area contributed by atoms with Crippen LogP contribution in [-0.4, -0.2) is 19.1 Å². The van der Waals surface area contributed by atoms with Gasteiger partial charge in [-0.15, -0.1) is 0 Å². The van der Waals surface area contributed by atoms with Crippen LogP contribution in [0.4, 0.5) is 5.69 Å². The summed E-state index contributed by atoms with van der Waals surface area (Å²) in [6, 6.07) is 8.49. The van der Waals surface area contributed by atoms with E-state index in [1.54, 1.807) is 0 Å². The highest BCUT2D eigenvalue weighted by Gasteiger charge is 2.00. The first-order chi connectivity index (χ1) is 6.68. The van der Waals surface area contributed by atoms with E-state index in [4.69, 9.17) is 0 Å². The number of pyridine rings is 1. The topological polar surface area (TPSA) is 16.1 Å². The van der Waals surface area contributed by atoms with Crippen molar-refractivity contribution in [2.45, 2.75) is 6.92 Å². The Hall–Kier alpha value is -1.57. The van der Waals surface area contributed by atoms with Crippen molar-refractivity contribution >= 4 is 16.5 Å². The van der Waals surface area contributed by atoms with Gasteiger partial charge in [-0.05, 0) is 30.5 Å². The molecule has 0 saturated carbocycles. The lowest BCUT2D eigenvalue weighted by Gasteiger charge is -2.13. The molecule has 1 heterocycles. The zero-order valence-corrected chi connectivity index (χ0v) is 8.78. The third-order valence-corrected chi connectivity index (χ3v) is 2.47. The number of fused-ring (bicyclic) bond motifs is 1. The fourth-order valence-corrected chi connectivity index (χ4v) is 1.58. The van der Waals surface area contributed by atoms with Gasteiger partial charge in [0, 0.05) is 37.1 Å². The second-order valence-corrected chi connectivity index (χ2v) is 3.70. The van der Waals surface area contributed by atoms with Gasteiger partial charge in [0.25, 0.3) is 0 Å². The van der Waals surface area contributed by atoms with Crippen molar-refractivity contribution in [3.05, 3.63) is 36.2 Å². The lowest BCUT2D eigenvalue weighted by atomic mass is 10.1. The van der Waals surface area contributed by atoms with E-state index in [-0.39, 0.29) is 0 Å². The predicted octanol–water partition coefficient (Wildman–Crippen LogP) is 2.61. The normalized spacial score (nSPS) is 10.5. The fourth-order valence-electron chi connectivity index (χ4n) is 1.58. The molecule has 0 aliphatic rings. The number of benzene rings is 1. The number of nitrogens with zero attached hydrogens (tertiary/aromatic N) is 2. The van der Waals surface area contributed by atoms with Crippen LogP contribution in [0.2, 0.25) is 0 Å². The molecule has 0 amide bonds. The van der Waals surface area contributed by atoms with E-state index in [0.717, 1.165) is 5.69 Å². The molecule has 0 spiro atoms. The molecular weight excluding hydrogens is 172 g/mol. The molecule has 2 aromatic rings. The molecule has 0 unspecified atom stereocenters. The molecule has 1 aromatic heterocycles. The molecule has 0 N–H and O–H groups in total. The number of hydrogen-bond acceptors (Lipinski definition) is 2. The fraction of sp³-hybridized carbons (Fsp3) is 0.250. The number of anilines is 1. The Morgan fingerprint density at radius 1 is 1.14 bits per heavy atom. The second-order valence-electron chi connectivity index (χ2n) is 3.70. The first-order valence-corrected chi connectivity index (χ1v) is 4.71. The molecule has 2 heteroatoms. The lowest BCUT2D eigenvalue weighted by molar-refractivity contribution is 1.13. The highest BCUT2D eigenvalue weighted by atomic mass is 15.1. The molecule has 0 aliphatic heterocycles. The minimum Gasteiger partial charge on any atom is -0.378 e. The van der Waals surface area contributed by atoms with E-state index in [0.29, 0.717) is 0 Å². The molecular formula is C12H14N2. The molecule has 0 saturated heterocycles. The highest BCUT2D eigenvalue weighted by molar-refractivity contribution is 5.87. The van der Waals surface area contributed by atoms with Crippen molar-refractivity contribution in [3.8, 4) is 0 Å². The molecule has 2 nitrogen and oxygen atoms in total. The molecule has 72 valence electrons. The zero-order chi connectivity index (χ0) is 10.1. The zero-order valence-electron chi connectivity index (χ0n) is 8.78. The average Bonchev–Trinajstić information content (AvgIpc) is 2.18. The monoisotopic (exact) mass is 186 g/mol. The van der Waals surface area contributed by atoms with Crippen molar-refractivity contribution in [3.63, 3.8) is 0 Å². The first-order valence-electron chi connectivity index (χ1n) is 4.71. The van der Waals surface area contributed by atoms with Gasteiger partial charge >= 0.3 is 0 Å². The van der Waals surface area contributed by atoms with Gasteiger partial charge in [0.15, 0.2) is 0 Å². The number of aryl methyl sites for hydroxylation is 1. The van der Waals surface area contributed by atoms with Gasteiger partial charge < -0.3 is 4.90 Å². The first kappa shape index (κ1) is 9.00. The van der Waals surface area contributed by atoms with Crippen LogP contribution in [-0.2, 0) is 0 Å². The Labute approximate surface area is 84.2 Å². The second kappa shape index (κ2) is 3.29. The summed E-state index contributed by atoms with van der Waals surface area (Å²) in [6.07, 6.45) is 1.85. The molecule has 0 aliphatic carbocycles. The van der Waals surface area contributed by atoms with Crippen LogP contribution in [0.3, 0.4) is 0 Å². The molecule has 14 heavy (non-hydrogen) atoms. The van der Waals surface area contributed by atoms with Gasteiger partial charge in [0.2, 0.25) is 0 Å². The third-order valence-electron chi connectivity index (χ3n) is 2.47. The summed E-state index contributed by atoms with van der Waals surface area (Å²) < 4.78 is 0. The predicted molar refractivity (Wildman–Crippen MR) is 60.8 cm³/mol. The van der Waals surface area contributed by atoms with Crippen LogP contribution in [0.5, 0.6) is 0 Å². The van der Waals surface area contributed by atoms with Crippen molar-refractivity contribution in [2.24, 2.45) is 0 Å². The number of rotatable bonds is 1. The summed E-state index contributed by atoms with van der Waals surface area (Å²) in [4.78, 5) is 6.39. The highest BCUT2D eigenvalue weighted by Crippen LogP contribution is 2.22. The smallest absolute Gasteiger partial charge is 0.0451 e. The van der Waals surface area contributed by atoms with Crippen molar-refractivity contribution in [2.75, 3.05) is 19.0 Å². The van der Waals surface area contributed by atoms with Gasteiger partial charge in [0.05, 0.1) is 0 Å². The van der Waals surface area contributed by atoms with E-state index in [9.17, 15) is 0 Å². The molecule has 1 aromatic carbocycles. The minimum atomic E-state index is 1.09. The van der Waals surface area contributed by atoms with Gasteiger partial charge in [-0.25, -0.2) is 0 Å². The maximum atomic E-state index is 4.29. The van der Waals surface area contributed by atoms with Gasteiger partial charge in [-0.3, -0.25) is 4.98 Å². The molecule has 0 atom stereocenters. The lowest BCUT2D eigenvalue weighted by Crippen LogP contribution is -2.08. The maximum Gasteiger partial charge on any atom is 0.0451 e. The minimum absolute atomic E-state index is 1.09. The number of aromatic nitrogens is 1. The van der Waals surface area contributed by atoms with E-state index in [1.165, 1.54) is 16.5 Å². The van der Waals surface area contributed by atoms with E-state index in [2.05, 4.69) is 28.1 Å². The molecule has 0 radical (unpaired) electrons. The summed E-state index contributed by atoms with van der Waals surface area (Å²) in [5, 5.41) is 2.49. The van der Waals surface area contributed by atoms with Crippen LogP contribution in [0.1, 0.15) is 5.69 Å². The van der Waals surface area contributed by atoms with Crippen LogP contribution >= 0.6 is 0 Å². The average molecular weight is 186 g/mol. The van der Waals surface area contributed by atoms with Crippen LogP contribution in [0.25, 0.3) is 10.8 Å². The third kappa shape index (κ3) is 1.43. The van der Waals surface area contributed by atoms with Crippen LogP contribution < -0.4 is 4.90 Å². The van der Waals surface area contributed by atoms with Crippen molar-refractivity contribution in [1.82, 2.24) is 4.98 Å². The standard InChI is InChI=1S/C12H14N2/c1-9-12-8-11(14(2)3)5-4-10(12)6-7-13-9/h4-8H,1-3H3. The number of hydrogen-bond donors (Lipinski definition) is 0. The summed E-state index contributed by atoms with van der Waals surface area (Å²) in [5.74, 6) is 0. The van der Waals surface area contributed by atoms with E-state index in [1.807, 2.05) is 33.3 Å². The Morgan fingerprint density at radius 3 is 2.64 bits per heavy atom. The summed E-state index contributed by atoms with van der Waals surface area (Å²) >= 11 is 0. The Balaban J connectivity index is 2.70. The molecule has 0 bridgehead atoms. The maximum absolute atomic E-state index is 4.29. The van der Waals surface area contributed by atoms with Crippen LogP contribution in [0, 0.1) is 6.92 Å². The molecule has 2 rings (SSSR count). The van der Waals surface area contributed by atoms with Crippen LogP contribution in [0.15, 0.2) is 30.5 Å². The van der Waals surface area contributed by atoms with Gasteiger partial charge in [-0.1, -0.05) is 6.07 Å². The summed E-state index contributed by atoms with van der Waals surface area (Å²) in [6.45, 7) is 2.04. The van der Waals surface area contributed by atoms with Crippen molar-refractivity contribution < 1.29 is 0 Å². The van der Waals surface area contributed by atoms with Gasteiger partial charge in [0.1, 0.15) is 0 Å². The quantitative estimate of drug-likeness (QED) is 0.680. The summed E-state index contributed by atoms with van der Waals surface area (Å²) in [7, 11) is 4.10. The Bertz CT molecular complexity index is 461. The summed E-state index contributed by atoms with van der Waals surface area (Å²) in [5.41, 5.74) is 2.31. The largest absolute Gasteiger partial charge is 0.378 e. The SMILES string of the molecule is Cc1nccc2ccc(N(C)C)cc12. The van der Waals surface area contributed by atoms with Gasteiger partial charge in [-0.2, -0.15) is 0 Å².